The zero-order valence-corrected chi connectivity index (χ0v) is 21.7. The van der Waals surface area contributed by atoms with E-state index in [-0.39, 0.29) is 18.2 Å². The molecule has 0 aromatic heterocycles. The van der Waals surface area contributed by atoms with Gasteiger partial charge in [-0.15, -0.1) is 0 Å². The summed E-state index contributed by atoms with van der Waals surface area (Å²) < 4.78 is 172. The standard InChI is InChI=1S/C30H10BF11O3/c32-10-7-12-18(16(36)8-10)26(39)22(21-14(34)4-5-15(35)24(21)37)23(30(12)45-31(43)44)19-11-6-9-2-1-3-13(33)17(9)25(38)20(11)28(41)29(42)27(19)40/h1-8,43-44H. The van der Waals surface area contributed by atoms with Gasteiger partial charge in [-0.05, 0) is 41.1 Å². The lowest BCUT2D eigenvalue weighted by Gasteiger charge is -2.23. The first-order valence-corrected chi connectivity index (χ1v) is 12.4. The summed E-state index contributed by atoms with van der Waals surface area (Å²) >= 11 is 0. The molecule has 228 valence electrons. The summed E-state index contributed by atoms with van der Waals surface area (Å²) in [5.41, 5.74) is -6.37. The van der Waals surface area contributed by atoms with Crippen LogP contribution in [0.2, 0.25) is 0 Å². The van der Waals surface area contributed by atoms with E-state index in [1.54, 1.807) is 0 Å². The first-order chi connectivity index (χ1) is 21.2. The van der Waals surface area contributed by atoms with Crippen molar-refractivity contribution in [2.24, 2.45) is 0 Å². The molecular weight excluding hydrogens is 628 g/mol. The van der Waals surface area contributed by atoms with Crippen LogP contribution in [0.1, 0.15) is 0 Å². The molecule has 0 atom stereocenters. The molecule has 0 bridgehead atoms. The maximum Gasteiger partial charge on any atom is 0.707 e. The maximum absolute atomic E-state index is 16.4. The molecule has 3 nitrogen and oxygen atoms in total. The molecule has 0 heterocycles. The minimum absolute atomic E-state index is 0.0932. The number of hydrogen-bond acceptors (Lipinski definition) is 3. The lowest BCUT2D eigenvalue weighted by molar-refractivity contribution is 0.290. The molecule has 2 N–H and O–H groups in total. The van der Waals surface area contributed by atoms with Gasteiger partial charge < -0.3 is 14.7 Å². The summed E-state index contributed by atoms with van der Waals surface area (Å²) in [4.78, 5) is 0. The molecule has 0 saturated carbocycles. The summed E-state index contributed by atoms with van der Waals surface area (Å²) in [5, 5.41) is 13.0. The van der Waals surface area contributed by atoms with Crippen molar-refractivity contribution in [3.05, 3.63) is 113 Å². The van der Waals surface area contributed by atoms with Gasteiger partial charge >= 0.3 is 7.32 Å². The first-order valence-electron chi connectivity index (χ1n) is 12.4. The van der Waals surface area contributed by atoms with E-state index >= 15 is 35.1 Å². The summed E-state index contributed by atoms with van der Waals surface area (Å²) in [7, 11) is -3.02. The van der Waals surface area contributed by atoms with Crippen LogP contribution in [0.15, 0.2) is 48.5 Å². The van der Waals surface area contributed by atoms with E-state index in [2.05, 4.69) is 0 Å². The highest BCUT2D eigenvalue weighted by molar-refractivity contribution is 6.34. The van der Waals surface area contributed by atoms with Gasteiger partial charge in [-0.1, -0.05) is 12.1 Å². The van der Waals surface area contributed by atoms with Gasteiger partial charge in [0.15, 0.2) is 29.1 Å². The Balaban J connectivity index is 1.99. The molecule has 0 unspecified atom stereocenters. The van der Waals surface area contributed by atoms with E-state index in [0.717, 1.165) is 18.2 Å². The van der Waals surface area contributed by atoms with E-state index < -0.39 is 132 Å². The van der Waals surface area contributed by atoms with Gasteiger partial charge in [0.25, 0.3) is 0 Å². The lowest BCUT2D eigenvalue weighted by Crippen LogP contribution is -2.22. The van der Waals surface area contributed by atoms with Crippen LogP contribution in [-0.4, -0.2) is 17.4 Å². The van der Waals surface area contributed by atoms with Crippen LogP contribution >= 0.6 is 0 Å². The second-order valence-electron chi connectivity index (χ2n) is 9.63. The minimum atomic E-state index is -3.02. The number of rotatable bonds is 4. The van der Waals surface area contributed by atoms with E-state index in [1.807, 2.05) is 0 Å². The minimum Gasteiger partial charge on any atom is -0.511 e. The summed E-state index contributed by atoms with van der Waals surface area (Å²) in [6.07, 6.45) is 0. The fourth-order valence-corrected chi connectivity index (χ4v) is 5.37. The van der Waals surface area contributed by atoms with E-state index in [4.69, 9.17) is 4.65 Å². The zero-order valence-electron chi connectivity index (χ0n) is 21.7. The molecule has 0 amide bonds. The normalized spacial score (nSPS) is 11.7. The molecular formula is C30H10BF11O3. The van der Waals surface area contributed by atoms with Crippen molar-refractivity contribution in [3.63, 3.8) is 0 Å². The second-order valence-corrected chi connectivity index (χ2v) is 9.63. The monoisotopic (exact) mass is 638 g/mol. The Hall–Kier alpha value is -4.89. The molecule has 0 spiro atoms. The van der Waals surface area contributed by atoms with Crippen LogP contribution in [-0.2, 0) is 0 Å². The average molecular weight is 638 g/mol. The van der Waals surface area contributed by atoms with Gasteiger partial charge in [0.2, 0.25) is 0 Å². The molecule has 6 aromatic carbocycles. The summed E-state index contributed by atoms with van der Waals surface area (Å²) in [6.45, 7) is 0. The summed E-state index contributed by atoms with van der Waals surface area (Å²) in [5.74, 6) is -22.7. The SMILES string of the molecule is OB(O)Oc1c(-c2c(F)c(F)c(F)c3c(F)c4c(F)cccc4cc23)c(-c2c(F)ccc(F)c2F)c(F)c2c(F)cc(F)cc12. The molecule has 6 rings (SSSR count). The van der Waals surface area contributed by atoms with Crippen molar-refractivity contribution in [3.8, 4) is 28.0 Å². The van der Waals surface area contributed by atoms with Gasteiger partial charge in [-0.2, -0.15) is 0 Å². The van der Waals surface area contributed by atoms with Crippen molar-refractivity contribution < 1.29 is 63.0 Å². The Morgan fingerprint density at radius 2 is 1.16 bits per heavy atom. The van der Waals surface area contributed by atoms with Crippen LogP contribution in [0.25, 0.3) is 54.6 Å². The molecule has 15 heteroatoms. The molecule has 45 heavy (non-hydrogen) atoms. The smallest absolute Gasteiger partial charge is 0.511 e. The van der Waals surface area contributed by atoms with Crippen LogP contribution in [0.4, 0.5) is 48.3 Å². The van der Waals surface area contributed by atoms with Crippen molar-refractivity contribution >= 4 is 39.6 Å². The number of hydrogen-bond donors (Lipinski definition) is 2. The third kappa shape index (κ3) is 4.44. The van der Waals surface area contributed by atoms with Crippen LogP contribution < -0.4 is 4.65 Å². The van der Waals surface area contributed by atoms with Crippen molar-refractivity contribution in [2.75, 3.05) is 0 Å². The Morgan fingerprint density at radius 3 is 1.84 bits per heavy atom. The molecule has 0 aliphatic rings. The van der Waals surface area contributed by atoms with Crippen molar-refractivity contribution in [1.29, 1.82) is 0 Å². The Kier molecular flexibility index (Phi) is 7.12. The number of fused-ring (bicyclic) bond motifs is 3. The fourth-order valence-electron chi connectivity index (χ4n) is 5.37. The molecule has 0 fully saturated rings. The van der Waals surface area contributed by atoms with Gasteiger partial charge in [0, 0.05) is 28.1 Å². The first kappa shape index (κ1) is 30.2. The summed E-state index contributed by atoms with van der Waals surface area (Å²) in [6, 6.07) is 4.41. The lowest BCUT2D eigenvalue weighted by atomic mass is 9.85. The fraction of sp³-hybridized carbons (Fsp3) is 0. The maximum atomic E-state index is 16.4. The van der Waals surface area contributed by atoms with Gasteiger partial charge in [-0.25, -0.2) is 48.3 Å². The highest BCUT2D eigenvalue weighted by Crippen LogP contribution is 2.52. The number of halogens is 11. The second kappa shape index (κ2) is 10.6. The van der Waals surface area contributed by atoms with Gasteiger partial charge in [0.05, 0.1) is 21.7 Å². The van der Waals surface area contributed by atoms with Crippen molar-refractivity contribution in [1.82, 2.24) is 0 Å². The van der Waals surface area contributed by atoms with E-state index in [1.165, 1.54) is 0 Å². The molecule has 0 radical (unpaired) electrons. The van der Waals surface area contributed by atoms with Crippen molar-refractivity contribution in [2.45, 2.75) is 0 Å². The third-order valence-electron chi connectivity index (χ3n) is 7.13. The quantitative estimate of drug-likeness (QED) is 0.0671. The van der Waals surface area contributed by atoms with Gasteiger partial charge in [-0.3, -0.25) is 0 Å². The number of benzene rings is 6. The van der Waals surface area contributed by atoms with Crippen LogP contribution in [0, 0.1) is 64.0 Å². The third-order valence-corrected chi connectivity index (χ3v) is 7.13. The molecule has 0 aliphatic carbocycles. The molecule has 6 aromatic rings. The zero-order chi connectivity index (χ0) is 32.6. The predicted molar refractivity (Wildman–Crippen MR) is 140 cm³/mol. The topological polar surface area (TPSA) is 49.7 Å². The molecule has 0 aliphatic heterocycles. The van der Waals surface area contributed by atoms with Crippen LogP contribution in [0.5, 0.6) is 5.75 Å². The Labute approximate surface area is 243 Å². The van der Waals surface area contributed by atoms with Crippen LogP contribution in [0.3, 0.4) is 0 Å². The predicted octanol–water partition coefficient (Wildman–Crippen LogP) is 8.36. The average Bonchev–Trinajstić information content (AvgIpc) is 2.96. The highest BCUT2D eigenvalue weighted by Gasteiger charge is 2.36. The van der Waals surface area contributed by atoms with E-state index in [9.17, 15) is 23.2 Å². The molecule has 0 saturated heterocycles. The Bertz CT molecular complexity index is 2260. The Morgan fingerprint density at radius 1 is 0.467 bits per heavy atom. The van der Waals surface area contributed by atoms with E-state index in [0.29, 0.717) is 12.1 Å². The van der Waals surface area contributed by atoms with Gasteiger partial charge in [0.1, 0.15) is 40.7 Å². The highest BCUT2D eigenvalue weighted by atomic mass is 19.2. The largest absolute Gasteiger partial charge is 0.707 e.